The van der Waals surface area contributed by atoms with Gasteiger partial charge in [0.2, 0.25) is 10.0 Å². The molecule has 0 aromatic heterocycles. The Hall–Kier alpha value is -1.44. The van der Waals surface area contributed by atoms with E-state index in [0.29, 0.717) is 37.3 Å². The fourth-order valence-corrected chi connectivity index (χ4v) is 4.21. The molecule has 1 fully saturated rings. The summed E-state index contributed by atoms with van der Waals surface area (Å²) >= 11 is 0. The van der Waals surface area contributed by atoms with Gasteiger partial charge in [-0.15, -0.1) is 0 Å². The fourth-order valence-electron chi connectivity index (χ4n) is 2.53. The number of piperazine rings is 1. The molecule has 128 valence electrons. The van der Waals surface area contributed by atoms with Crippen molar-refractivity contribution in [3.63, 3.8) is 0 Å². The van der Waals surface area contributed by atoms with Crippen molar-refractivity contribution in [2.45, 2.75) is 31.7 Å². The number of amides is 1. The van der Waals surface area contributed by atoms with Gasteiger partial charge in [0.25, 0.3) is 5.91 Å². The third-order valence-corrected chi connectivity index (χ3v) is 5.99. The molecule has 1 aromatic rings. The predicted octanol–water partition coefficient (Wildman–Crippen LogP) is 1.07. The highest BCUT2D eigenvalue weighted by Crippen LogP contribution is 2.22. The number of carbonyl (C=O) groups is 1. The second-order valence-electron chi connectivity index (χ2n) is 6.32. The zero-order valence-electron chi connectivity index (χ0n) is 14.2. The summed E-state index contributed by atoms with van der Waals surface area (Å²) in [7, 11) is -1.60. The number of benzene rings is 1. The van der Waals surface area contributed by atoms with Crippen LogP contribution in [0.2, 0.25) is 0 Å². The first-order chi connectivity index (χ1) is 10.7. The van der Waals surface area contributed by atoms with Crippen LogP contribution in [0.25, 0.3) is 0 Å². The number of sulfonamides is 1. The van der Waals surface area contributed by atoms with Crippen LogP contribution in [0.4, 0.5) is 0 Å². The number of nitrogens with zero attached hydrogens (tertiary/aromatic N) is 2. The first-order valence-corrected chi connectivity index (χ1v) is 9.26. The zero-order chi connectivity index (χ0) is 17.2. The van der Waals surface area contributed by atoms with Crippen LogP contribution in [0.5, 0.6) is 0 Å². The lowest BCUT2D eigenvalue weighted by atomic mass is 10.1. The minimum Gasteiger partial charge on any atom is -0.350 e. The zero-order valence-corrected chi connectivity index (χ0v) is 15.0. The minimum atomic E-state index is -3.57. The minimum absolute atomic E-state index is 0.00138. The van der Waals surface area contributed by atoms with E-state index in [1.807, 2.05) is 20.9 Å². The van der Waals surface area contributed by atoms with E-state index in [1.165, 1.54) is 10.4 Å². The third kappa shape index (κ3) is 4.10. The van der Waals surface area contributed by atoms with E-state index in [9.17, 15) is 13.2 Å². The maximum atomic E-state index is 12.9. The fraction of sp³-hybridized carbons (Fsp3) is 0.562. The molecule has 0 aliphatic carbocycles. The molecule has 0 spiro atoms. The van der Waals surface area contributed by atoms with Gasteiger partial charge in [-0.1, -0.05) is 6.07 Å². The Morgan fingerprint density at radius 1 is 1.17 bits per heavy atom. The normalized spacial score (nSPS) is 17.4. The lowest BCUT2D eigenvalue weighted by Crippen LogP contribution is -2.47. The molecule has 7 heteroatoms. The first kappa shape index (κ1) is 17.9. The van der Waals surface area contributed by atoms with E-state index in [1.54, 1.807) is 19.1 Å². The summed E-state index contributed by atoms with van der Waals surface area (Å²) in [5.41, 5.74) is 1.03. The van der Waals surface area contributed by atoms with Crippen LogP contribution >= 0.6 is 0 Å². The van der Waals surface area contributed by atoms with Crippen molar-refractivity contribution in [3.05, 3.63) is 29.3 Å². The van der Waals surface area contributed by atoms with E-state index in [2.05, 4.69) is 10.2 Å². The van der Waals surface area contributed by atoms with E-state index < -0.39 is 10.0 Å². The quantitative estimate of drug-likeness (QED) is 0.891. The van der Waals surface area contributed by atoms with Crippen molar-refractivity contribution in [1.29, 1.82) is 0 Å². The Morgan fingerprint density at radius 3 is 2.35 bits per heavy atom. The van der Waals surface area contributed by atoms with Gasteiger partial charge in [-0.2, -0.15) is 4.31 Å². The Kier molecular flexibility index (Phi) is 5.44. The molecule has 1 N–H and O–H groups in total. The van der Waals surface area contributed by atoms with Crippen molar-refractivity contribution >= 4 is 15.9 Å². The van der Waals surface area contributed by atoms with Crippen molar-refractivity contribution < 1.29 is 13.2 Å². The van der Waals surface area contributed by atoms with Crippen LogP contribution in [0.15, 0.2) is 23.1 Å². The first-order valence-electron chi connectivity index (χ1n) is 7.82. The molecule has 2 rings (SSSR count). The Morgan fingerprint density at radius 2 is 1.78 bits per heavy atom. The number of likely N-dealkylation sites (N-methyl/N-ethyl adjacent to an activating group) is 1. The summed E-state index contributed by atoms with van der Waals surface area (Å²) in [6.45, 7) is 7.87. The predicted molar refractivity (Wildman–Crippen MR) is 90.0 cm³/mol. The molecule has 1 aliphatic heterocycles. The maximum Gasteiger partial charge on any atom is 0.251 e. The van der Waals surface area contributed by atoms with E-state index >= 15 is 0 Å². The molecular weight excluding hydrogens is 314 g/mol. The summed E-state index contributed by atoms with van der Waals surface area (Å²) in [6.07, 6.45) is 0. The number of rotatable bonds is 4. The van der Waals surface area contributed by atoms with Crippen molar-refractivity contribution in [3.8, 4) is 0 Å². The monoisotopic (exact) mass is 339 g/mol. The van der Waals surface area contributed by atoms with Gasteiger partial charge in [0.15, 0.2) is 0 Å². The lowest BCUT2D eigenvalue weighted by Gasteiger charge is -2.32. The van der Waals surface area contributed by atoms with Gasteiger partial charge in [0.1, 0.15) is 0 Å². The largest absolute Gasteiger partial charge is 0.350 e. The summed E-state index contributed by atoms with van der Waals surface area (Å²) in [5.74, 6) is -0.255. The van der Waals surface area contributed by atoms with Gasteiger partial charge < -0.3 is 10.2 Å². The summed E-state index contributed by atoms with van der Waals surface area (Å²) in [6, 6.07) is 4.84. The molecule has 1 aliphatic rings. The molecule has 1 amide bonds. The molecule has 23 heavy (non-hydrogen) atoms. The van der Waals surface area contributed by atoms with Crippen LogP contribution in [0.1, 0.15) is 29.8 Å². The van der Waals surface area contributed by atoms with Crippen molar-refractivity contribution in [2.24, 2.45) is 0 Å². The topological polar surface area (TPSA) is 69.7 Å². The molecule has 1 aromatic carbocycles. The van der Waals surface area contributed by atoms with Gasteiger partial charge in [-0.05, 0) is 45.5 Å². The summed E-state index contributed by atoms with van der Waals surface area (Å²) in [4.78, 5) is 14.5. The highest BCUT2D eigenvalue weighted by Gasteiger charge is 2.29. The second-order valence-corrected chi connectivity index (χ2v) is 8.22. The molecule has 0 unspecified atom stereocenters. The highest BCUT2D eigenvalue weighted by atomic mass is 32.2. The van der Waals surface area contributed by atoms with Crippen LogP contribution in [0.3, 0.4) is 0 Å². The Balaban J connectivity index is 2.32. The molecule has 1 saturated heterocycles. The molecule has 0 atom stereocenters. The van der Waals surface area contributed by atoms with E-state index in [-0.39, 0.29) is 16.8 Å². The van der Waals surface area contributed by atoms with Crippen LogP contribution < -0.4 is 5.32 Å². The molecule has 6 nitrogen and oxygen atoms in total. The molecular formula is C16H25N3O3S. The van der Waals surface area contributed by atoms with Gasteiger partial charge in [-0.25, -0.2) is 8.42 Å². The van der Waals surface area contributed by atoms with E-state index in [0.717, 1.165) is 0 Å². The third-order valence-electron chi connectivity index (χ3n) is 3.95. The smallest absolute Gasteiger partial charge is 0.251 e. The lowest BCUT2D eigenvalue weighted by molar-refractivity contribution is 0.0943. The van der Waals surface area contributed by atoms with Gasteiger partial charge >= 0.3 is 0 Å². The Labute approximate surface area is 138 Å². The number of carbonyl (C=O) groups excluding carboxylic acids is 1. The number of aryl methyl sites for hydroxylation is 1. The van der Waals surface area contributed by atoms with Crippen molar-refractivity contribution in [2.75, 3.05) is 33.2 Å². The van der Waals surface area contributed by atoms with Crippen LogP contribution in [0, 0.1) is 6.92 Å². The summed E-state index contributed by atoms with van der Waals surface area (Å²) < 4.78 is 27.3. The molecule has 0 radical (unpaired) electrons. The summed E-state index contributed by atoms with van der Waals surface area (Å²) in [5, 5.41) is 2.79. The standard InChI is InChI=1S/C16H25N3O3S/c1-12(2)17-16(20)14-6-5-13(3)15(11-14)23(21,22)19-9-7-18(4)8-10-19/h5-6,11-12H,7-10H2,1-4H3,(H,17,20). The second kappa shape index (κ2) is 6.98. The SMILES string of the molecule is Cc1ccc(C(=O)NC(C)C)cc1S(=O)(=O)N1CCN(C)CC1. The Bertz CT molecular complexity index is 678. The van der Waals surface area contributed by atoms with Crippen LogP contribution in [-0.2, 0) is 10.0 Å². The highest BCUT2D eigenvalue weighted by molar-refractivity contribution is 7.89. The molecule has 0 saturated carbocycles. The number of hydrogen-bond donors (Lipinski definition) is 1. The maximum absolute atomic E-state index is 12.9. The number of nitrogens with one attached hydrogen (secondary N) is 1. The number of hydrogen-bond acceptors (Lipinski definition) is 4. The molecule has 0 bridgehead atoms. The van der Waals surface area contributed by atoms with Gasteiger partial charge in [0, 0.05) is 37.8 Å². The molecule has 1 heterocycles. The van der Waals surface area contributed by atoms with Gasteiger partial charge in [-0.3, -0.25) is 4.79 Å². The van der Waals surface area contributed by atoms with Gasteiger partial charge in [0.05, 0.1) is 4.90 Å². The average Bonchev–Trinajstić information content (AvgIpc) is 2.47. The average molecular weight is 339 g/mol. The van der Waals surface area contributed by atoms with E-state index in [4.69, 9.17) is 0 Å². The van der Waals surface area contributed by atoms with Crippen LogP contribution in [-0.4, -0.2) is 62.8 Å². The van der Waals surface area contributed by atoms with Crippen molar-refractivity contribution in [1.82, 2.24) is 14.5 Å².